The Morgan fingerprint density at radius 2 is 0.933 bits per heavy atom. The van der Waals surface area contributed by atoms with Gasteiger partial charge in [-0.3, -0.25) is 0 Å². The van der Waals surface area contributed by atoms with E-state index >= 15 is 0 Å². The Morgan fingerprint density at radius 1 is 0.533 bits per heavy atom. The van der Waals surface area contributed by atoms with E-state index < -0.39 is 0 Å². The highest BCUT2D eigenvalue weighted by molar-refractivity contribution is 4.44. The molecule has 0 amide bonds. The number of hydrogen-bond acceptors (Lipinski definition) is 3. The Labute approximate surface area is 93.5 Å². The van der Waals surface area contributed by atoms with Gasteiger partial charge in [-0.25, -0.2) is 0 Å². The van der Waals surface area contributed by atoms with Crippen molar-refractivity contribution in [2.24, 2.45) is 0 Å². The first-order valence-corrected chi connectivity index (χ1v) is 6.21. The van der Waals surface area contributed by atoms with Crippen molar-refractivity contribution in [2.75, 3.05) is 26.4 Å². The van der Waals surface area contributed by atoms with Crippen LogP contribution in [0.2, 0.25) is 0 Å². The molecular weight excluding hydrogens is 192 g/mol. The average molecular weight is 218 g/mol. The lowest BCUT2D eigenvalue weighted by molar-refractivity contribution is 0.125. The zero-order valence-corrected chi connectivity index (χ0v) is 9.79. The number of hydrogen-bond donors (Lipinski definition) is 2. The van der Waals surface area contributed by atoms with E-state index in [1.165, 1.54) is 0 Å². The van der Waals surface area contributed by atoms with Gasteiger partial charge in [0.25, 0.3) is 0 Å². The number of ether oxygens (including phenoxy) is 1. The van der Waals surface area contributed by atoms with E-state index in [0.717, 1.165) is 64.6 Å². The molecule has 0 aliphatic rings. The molecule has 0 fully saturated rings. The van der Waals surface area contributed by atoms with Crippen LogP contribution in [-0.2, 0) is 4.74 Å². The van der Waals surface area contributed by atoms with E-state index in [9.17, 15) is 0 Å². The van der Waals surface area contributed by atoms with E-state index in [1.54, 1.807) is 0 Å². The molecule has 15 heavy (non-hydrogen) atoms. The number of rotatable bonds is 12. The van der Waals surface area contributed by atoms with E-state index in [-0.39, 0.29) is 0 Å². The number of aliphatic hydroxyl groups is 2. The SMILES string of the molecule is OCCCCCCOCCCCCCO. The third-order valence-corrected chi connectivity index (χ3v) is 2.39. The van der Waals surface area contributed by atoms with Crippen LogP contribution in [0.15, 0.2) is 0 Å². The minimum Gasteiger partial charge on any atom is -0.396 e. The average Bonchev–Trinajstić information content (AvgIpc) is 2.26. The summed E-state index contributed by atoms with van der Waals surface area (Å²) in [6.45, 7) is 2.33. The molecule has 0 aromatic carbocycles. The Morgan fingerprint density at radius 3 is 1.33 bits per heavy atom. The lowest BCUT2D eigenvalue weighted by atomic mass is 10.2. The summed E-state index contributed by atoms with van der Waals surface area (Å²) >= 11 is 0. The fraction of sp³-hybridized carbons (Fsp3) is 1.00. The molecular formula is C12H26O3. The molecule has 0 unspecified atom stereocenters. The van der Waals surface area contributed by atoms with Crippen molar-refractivity contribution in [3.63, 3.8) is 0 Å². The maximum Gasteiger partial charge on any atom is 0.0466 e. The van der Waals surface area contributed by atoms with Gasteiger partial charge < -0.3 is 14.9 Å². The normalized spacial score (nSPS) is 10.8. The number of aliphatic hydroxyl groups excluding tert-OH is 2. The molecule has 0 atom stereocenters. The largest absolute Gasteiger partial charge is 0.396 e. The topological polar surface area (TPSA) is 49.7 Å². The first kappa shape index (κ1) is 14.9. The Hall–Kier alpha value is -0.120. The molecule has 0 spiro atoms. The van der Waals surface area contributed by atoms with Gasteiger partial charge in [0.15, 0.2) is 0 Å². The lowest BCUT2D eigenvalue weighted by Crippen LogP contribution is -1.97. The van der Waals surface area contributed by atoms with Gasteiger partial charge in [0.1, 0.15) is 0 Å². The zero-order chi connectivity index (χ0) is 11.2. The fourth-order valence-corrected chi connectivity index (χ4v) is 1.44. The van der Waals surface area contributed by atoms with Gasteiger partial charge in [-0.15, -0.1) is 0 Å². The monoisotopic (exact) mass is 218 g/mol. The highest BCUT2D eigenvalue weighted by Gasteiger charge is 1.92. The van der Waals surface area contributed by atoms with Gasteiger partial charge in [-0.05, 0) is 25.7 Å². The second-order valence-electron chi connectivity index (χ2n) is 3.89. The summed E-state index contributed by atoms with van der Waals surface area (Å²) < 4.78 is 5.47. The maximum atomic E-state index is 8.56. The summed E-state index contributed by atoms with van der Waals surface area (Å²) in [5.41, 5.74) is 0. The van der Waals surface area contributed by atoms with E-state index in [1.807, 2.05) is 0 Å². The zero-order valence-electron chi connectivity index (χ0n) is 9.79. The first-order valence-electron chi connectivity index (χ1n) is 6.21. The third kappa shape index (κ3) is 13.9. The van der Waals surface area contributed by atoms with E-state index in [2.05, 4.69) is 0 Å². The molecule has 0 aromatic heterocycles. The molecule has 3 nitrogen and oxygen atoms in total. The van der Waals surface area contributed by atoms with Crippen LogP contribution in [0, 0.1) is 0 Å². The van der Waals surface area contributed by atoms with Crippen LogP contribution in [0.4, 0.5) is 0 Å². The second kappa shape index (κ2) is 13.9. The van der Waals surface area contributed by atoms with Gasteiger partial charge in [0.2, 0.25) is 0 Å². The van der Waals surface area contributed by atoms with Gasteiger partial charge in [-0.1, -0.05) is 25.7 Å². The number of unbranched alkanes of at least 4 members (excludes halogenated alkanes) is 6. The molecule has 0 aliphatic carbocycles. The predicted octanol–water partition coefficient (Wildman–Crippen LogP) is 2.11. The van der Waals surface area contributed by atoms with Crippen molar-refractivity contribution in [1.29, 1.82) is 0 Å². The Bertz CT molecular complexity index is 95.0. The van der Waals surface area contributed by atoms with Crippen LogP contribution in [0.5, 0.6) is 0 Å². The van der Waals surface area contributed by atoms with Crippen molar-refractivity contribution in [3.8, 4) is 0 Å². The minimum atomic E-state index is 0.311. The highest BCUT2D eigenvalue weighted by atomic mass is 16.5. The van der Waals surface area contributed by atoms with Crippen LogP contribution in [-0.4, -0.2) is 36.6 Å². The molecule has 0 bridgehead atoms. The van der Waals surface area contributed by atoms with Crippen LogP contribution < -0.4 is 0 Å². The summed E-state index contributed by atoms with van der Waals surface area (Å²) in [5.74, 6) is 0. The fourth-order valence-electron chi connectivity index (χ4n) is 1.44. The summed E-state index contributed by atoms with van der Waals surface area (Å²) in [6.07, 6.45) is 8.58. The van der Waals surface area contributed by atoms with Gasteiger partial charge >= 0.3 is 0 Å². The van der Waals surface area contributed by atoms with E-state index in [0.29, 0.717) is 13.2 Å². The second-order valence-corrected chi connectivity index (χ2v) is 3.89. The summed E-state index contributed by atoms with van der Waals surface area (Å²) in [4.78, 5) is 0. The molecule has 2 N–H and O–H groups in total. The summed E-state index contributed by atoms with van der Waals surface area (Å²) in [6, 6.07) is 0. The quantitative estimate of drug-likeness (QED) is 0.493. The summed E-state index contributed by atoms with van der Waals surface area (Å²) in [5, 5.41) is 17.1. The summed E-state index contributed by atoms with van der Waals surface area (Å²) in [7, 11) is 0. The molecule has 3 heteroatoms. The van der Waals surface area contributed by atoms with Crippen LogP contribution in [0.3, 0.4) is 0 Å². The molecule has 0 saturated carbocycles. The molecule has 0 aliphatic heterocycles. The van der Waals surface area contributed by atoms with Crippen LogP contribution in [0.25, 0.3) is 0 Å². The van der Waals surface area contributed by atoms with Crippen molar-refractivity contribution in [3.05, 3.63) is 0 Å². The van der Waals surface area contributed by atoms with E-state index in [4.69, 9.17) is 14.9 Å². The smallest absolute Gasteiger partial charge is 0.0466 e. The Kier molecular flexibility index (Phi) is 13.8. The third-order valence-electron chi connectivity index (χ3n) is 2.39. The molecule has 0 heterocycles. The standard InChI is InChI=1S/C12H26O3/c13-9-5-1-3-7-11-15-12-8-4-2-6-10-14/h13-14H,1-12H2. The van der Waals surface area contributed by atoms with Gasteiger partial charge in [-0.2, -0.15) is 0 Å². The van der Waals surface area contributed by atoms with Crippen LogP contribution >= 0.6 is 0 Å². The van der Waals surface area contributed by atoms with Crippen LogP contribution in [0.1, 0.15) is 51.4 Å². The van der Waals surface area contributed by atoms with Crippen molar-refractivity contribution < 1.29 is 14.9 Å². The molecule has 0 saturated heterocycles. The van der Waals surface area contributed by atoms with Crippen molar-refractivity contribution >= 4 is 0 Å². The lowest BCUT2D eigenvalue weighted by Gasteiger charge is -2.03. The van der Waals surface area contributed by atoms with Crippen molar-refractivity contribution in [1.82, 2.24) is 0 Å². The predicted molar refractivity (Wildman–Crippen MR) is 61.9 cm³/mol. The minimum absolute atomic E-state index is 0.311. The molecule has 0 rings (SSSR count). The molecule has 92 valence electrons. The Balaban J connectivity index is 2.81. The van der Waals surface area contributed by atoms with Gasteiger partial charge in [0.05, 0.1) is 0 Å². The maximum absolute atomic E-state index is 8.56. The first-order chi connectivity index (χ1) is 7.41. The molecule has 0 aromatic rings. The van der Waals surface area contributed by atoms with Crippen molar-refractivity contribution in [2.45, 2.75) is 51.4 Å². The van der Waals surface area contributed by atoms with Gasteiger partial charge in [0, 0.05) is 26.4 Å². The highest BCUT2D eigenvalue weighted by Crippen LogP contribution is 2.02. The molecule has 0 radical (unpaired) electrons.